The number of carbonyl (C=O) groups is 1. The maximum atomic E-state index is 13.9. The van der Waals surface area contributed by atoms with Gasteiger partial charge in [-0.2, -0.15) is 0 Å². The number of anilines is 1. The van der Waals surface area contributed by atoms with E-state index < -0.39 is 0 Å². The monoisotopic (exact) mass is 412 g/mol. The van der Waals surface area contributed by atoms with Crippen molar-refractivity contribution in [2.24, 2.45) is 0 Å². The number of aromatic hydroxyl groups is 1. The highest BCUT2D eigenvalue weighted by molar-refractivity contribution is 5.78. The predicted molar refractivity (Wildman–Crippen MR) is 115 cm³/mol. The maximum absolute atomic E-state index is 13.9. The van der Waals surface area contributed by atoms with Crippen LogP contribution in [0.1, 0.15) is 5.56 Å². The fourth-order valence-electron chi connectivity index (χ4n) is 4.19. The Morgan fingerprint density at radius 3 is 2.17 bits per heavy atom. The van der Waals surface area contributed by atoms with E-state index in [0.717, 1.165) is 45.0 Å². The third-order valence-electron chi connectivity index (χ3n) is 6.03. The molecule has 0 unspecified atom stereocenters. The molecule has 2 aromatic rings. The molecule has 2 aromatic carbocycles. The van der Waals surface area contributed by atoms with Crippen LogP contribution in [0.3, 0.4) is 0 Å². The van der Waals surface area contributed by atoms with Gasteiger partial charge >= 0.3 is 0 Å². The molecule has 2 fully saturated rings. The quantitative estimate of drug-likeness (QED) is 0.814. The third kappa shape index (κ3) is 4.91. The smallest absolute Gasteiger partial charge is 0.236 e. The van der Waals surface area contributed by atoms with Crippen molar-refractivity contribution in [2.75, 3.05) is 63.8 Å². The lowest BCUT2D eigenvalue weighted by molar-refractivity contribution is -0.134. The van der Waals surface area contributed by atoms with Gasteiger partial charge in [-0.05, 0) is 18.2 Å². The van der Waals surface area contributed by atoms with E-state index in [1.54, 1.807) is 12.1 Å². The highest BCUT2D eigenvalue weighted by Gasteiger charge is 2.25. The van der Waals surface area contributed by atoms with Crippen LogP contribution in [-0.4, -0.2) is 84.6 Å². The van der Waals surface area contributed by atoms with E-state index >= 15 is 0 Å². The molecular weight excluding hydrogens is 383 g/mol. The number of carbonyl (C=O) groups excluding carboxylic acids is 1. The number of benzene rings is 2. The largest absolute Gasteiger partial charge is 0.506 e. The van der Waals surface area contributed by atoms with Gasteiger partial charge in [0.05, 0.1) is 12.2 Å². The summed E-state index contributed by atoms with van der Waals surface area (Å²) in [7, 11) is 0. The van der Waals surface area contributed by atoms with Crippen LogP contribution >= 0.6 is 0 Å². The molecule has 1 amide bonds. The summed E-state index contributed by atoms with van der Waals surface area (Å²) < 4.78 is 13.9. The van der Waals surface area contributed by atoms with Crippen molar-refractivity contribution in [1.29, 1.82) is 0 Å². The summed E-state index contributed by atoms with van der Waals surface area (Å²) in [6.45, 7) is 7.10. The van der Waals surface area contributed by atoms with Gasteiger partial charge in [-0.15, -0.1) is 0 Å². The molecule has 2 aliphatic rings. The number of phenols is 1. The molecule has 0 radical (unpaired) electrons. The molecule has 4 rings (SSSR count). The molecule has 160 valence electrons. The van der Waals surface area contributed by atoms with Crippen molar-refractivity contribution in [1.82, 2.24) is 14.7 Å². The van der Waals surface area contributed by atoms with E-state index in [1.165, 1.54) is 6.07 Å². The Morgan fingerprint density at radius 1 is 0.833 bits per heavy atom. The first-order valence-electron chi connectivity index (χ1n) is 10.6. The Labute approximate surface area is 177 Å². The van der Waals surface area contributed by atoms with Crippen LogP contribution in [-0.2, 0) is 11.3 Å². The molecule has 0 bridgehead atoms. The SMILES string of the molecule is O=C(CN1CCN(c2ccccc2O)CC1)N1CCN(Cc2ccccc2F)CC1. The van der Waals surface area contributed by atoms with Crippen LogP contribution in [0.4, 0.5) is 10.1 Å². The van der Waals surface area contributed by atoms with E-state index in [2.05, 4.69) is 14.7 Å². The van der Waals surface area contributed by atoms with E-state index in [4.69, 9.17) is 0 Å². The zero-order chi connectivity index (χ0) is 20.9. The van der Waals surface area contributed by atoms with Crippen LogP contribution in [0.2, 0.25) is 0 Å². The summed E-state index contributed by atoms with van der Waals surface area (Å²) in [6, 6.07) is 14.3. The highest BCUT2D eigenvalue weighted by atomic mass is 19.1. The minimum atomic E-state index is -0.168. The minimum absolute atomic E-state index is 0.163. The lowest BCUT2D eigenvalue weighted by atomic mass is 10.2. The van der Waals surface area contributed by atoms with Crippen LogP contribution in [0, 0.1) is 5.82 Å². The Kier molecular flexibility index (Phi) is 6.50. The predicted octanol–water partition coefficient (Wildman–Crippen LogP) is 2.00. The molecule has 1 N–H and O–H groups in total. The second kappa shape index (κ2) is 9.45. The van der Waals surface area contributed by atoms with Crippen LogP contribution in [0.15, 0.2) is 48.5 Å². The molecule has 0 spiro atoms. The van der Waals surface area contributed by atoms with E-state index in [0.29, 0.717) is 37.5 Å². The maximum Gasteiger partial charge on any atom is 0.236 e. The topological polar surface area (TPSA) is 50.3 Å². The lowest BCUT2D eigenvalue weighted by Crippen LogP contribution is -2.53. The summed E-state index contributed by atoms with van der Waals surface area (Å²) in [4.78, 5) is 21.2. The number of amides is 1. The highest BCUT2D eigenvalue weighted by Crippen LogP contribution is 2.27. The van der Waals surface area contributed by atoms with E-state index in [-0.39, 0.29) is 11.7 Å². The first kappa shape index (κ1) is 20.6. The van der Waals surface area contributed by atoms with Crippen LogP contribution in [0.25, 0.3) is 0 Å². The molecular formula is C23H29FN4O2. The second-order valence-electron chi connectivity index (χ2n) is 8.00. The molecule has 0 aliphatic carbocycles. The number of nitrogens with zero attached hydrogens (tertiary/aromatic N) is 4. The van der Waals surface area contributed by atoms with Gasteiger partial charge in [0.15, 0.2) is 0 Å². The number of phenolic OH excluding ortho intramolecular Hbond substituents is 1. The normalized spacial score (nSPS) is 18.6. The van der Waals surface area contributed by atoms with Gasteiger partial charge in [0.1, 0.15) is 11.6 Å². The minimum Gasteiger partial charge on any atom is -0.506 e. The summed E-state index contributed by atoms with van der Waals surface area (Å²) >= 11 is 0. The number of halogens is 1. The van der Waals surface area contributed by atoms with Gasteiger partial charge in [0, 0.05) is 64.5 Å². The molecule has 6 nitrogen and oxygen atoms in total. The molecule has 2 aliphatic heterocycles. The fraction of sp³-hybridized carbons (Fsp3) is 0.435. The molecule has 2 saturated heterocycles. The lowest BCUT2D eigenvalue weighted by Gasteiger charge is -2.38. The van der Waals surface area contributed by atoms with Gasteiger partial charge in [-0.25, -0.2) is 4.39 Å². The van der Waals surface area contributed by atoms with E-state index in [1.807, 2.05) is 35.2 Å². The van der Waals surface area contributed by atoms with Crippen molar-refractivity contribution in [3.8, 4) is 5.75 Å². The standard InChI is InChI=1S/C23H29FN4O2/c24-20-6-2-1-5-19(20)17-25-11-15-28(16-12-25)23(30)18-26-9-13-27(14-10-26)21-7-3-4-8-22(21)29/h1-8,29H,9-18H2. The van der Waals surface area contributed by atoms with Gasteiger partial charge in [0.25, 0.3) is 0 Å². The van der Waals surface area contributed by atoms with Crippen molar-refractivity contribution in [2.45, 2.75) is 6.54 Å². The summed E-state index contributed by atoms with van der Waals surface area (Å²) in [5.41, 5.74) is 1.56. The summed E-state index contributed by atoms with van der Waals surface area (Å²) in [5.74, 6) is 0.297. The van der Waals surface area contributed by atoms with Gasteiger partial charge < -0.3 is 14.9 Å². The third-order valence-corrected chi connectivity index (χ3v) is 6.03. The zero-order valence-electron chi connectivity index (χ0n) is 17.2. The number of piperazine rings is 2. The molecule has 0 aromatic heterocycles. The Morgan fingerprint density at radius 2 is 1.47 bits per heavy atom. The van der Waals surface area contributed by atoms with Gasteiger partial charge in [-0.3, -0.25) is 14.6 Å². The number of hydrogen-bond donors (Lipinski definition) is 1. The average Bonchev–Trinajstić information content (AvgIpc) is 2.77. The molecule has 2 heterocycles. The second-order valence-corrected chi connectivity index (χ2v) is 8.00. The first-order valence-corrected chi connectivity index (χ1v) is 10.6. The van der Waals surface area contributed by atoms with Gasteiger partial charge in [-0.1, -0.05) is 30.3 Å². The van der Waals surface area contributed by atoms with Crippen molar-refractivity contribution in [3.05, 3.63) is 59.9 Å². The van der Waals surface area contributed by atoms with Crippen molar-refractivity contribution >= 4 is 11.6 Å². The average molecular weight is 413 g/mol. The van der Waals surface area contributed by atoms with E-state index in [9.17, 15) is 14.3 Å². The Hall–Kier alpha value is -2.64. The molecule has 30 heavy (non-hydrogen) atoms. The van der Waals surface area contributed by atoms with Crippen LogP contribution < -0.4 is 4.90 Å². The zero-order valence-corrected chi connectivity index (χ0v) is 17.2. The van der Waals surface area contributed by atoms with Gasteiger partial charge in [0.2, 0.25) is 5.91 Å². The fourth-order valence-corrected chi connectivity index (χ4v) is 4.19. The molecule has 0 saturated carbocycles. The summed E-state index contributed by atoms with van der Waals surface area (Å²) in [5, 5.41) is 10.0. The van der Waals surface area contributed by atoms with Crippen LogP contribution in [0.5, 0.6) is 5.75 Å². The Bertz CT molecular complexity index is 862. The number of hydrogen-bond acceptors (Lipinski definition) is 5. The Balaban J connectivity index is 1.21. The first-order chi connectivity index (χ1) is 14.6. The number of para-hydroxylation sites is 2. The molecule has 0 atom stereocenters. The van der Waals surface area contributed by atoms with Crippen molar-refractivity contribution < 1.29 is 14.3 Å². The van der Waals surface area contributed by atoms with Crippen molar-refractivity contribution in [3.63, 3.8) is 0 Å². The summed E-state index contributed by atoms with van der Waals surface area (Å²) in [6.07, 6.45) is 0. The number of rotatable bonds is 5. The molecule has 7 heteroatoms.